The molecular formula is C15H17NO. The molecule has 0 bridgehead atoms. The monoisotopic (exact) mass is 227 g/mol. The number of phenols is 1. The van der Waals surface area contributed by atoms with Crippen molar-refractivity contribution in [2.24, 2.45) is 0 Å². The first-order valence-corrected chi connectivity index (χ1v) is 5.79. The first kappa shape index (κ1) is 11.7. The van der Waals surface area contributed by atoms with E-state index in [-0.39, 0.29) is 6.04 Å². The van der Waals surface area contributed by atoms with Gasteiger partial charge in [-0.25, -0.2) is 0 Å². The lowest BCUT2D eigenvalue weighted by Crippen LogP contribution is -2.18. The third-order valence-electron chi connectivity index (χ3n) is 2.90. The molecule has 0 saturated heterocycles. The lowest BCUT2D eigenvalue weighted by atomic mass is 9.99. The summed E-state index contributed by atoms with van der Waals surface area (Å²) in [4.78, 5) is 0. The van der Waals surface area contributed by atoms with Gasteiger partial charge in [0.2, 0.25) is 0 Å². The summed E-state index contributed by atoms with van der Waals surface area (Å²) < 4.78 is 0. The first-order valence-electron chi connectivity index (χ1n) is 5.79. The van der Waals surface area contributed by atoms with Gasteiger partial charge in [0.15, 0.2) is 0 Å². The molecule has 0 fully saturated rings. The van der Waals surface area contributed by atoms with E-state index in [9.17, 15) is 5.11 Å². The van der Waals surface area contributed by atoms with E-state index in [1.54, 1.807) is 6.07 Å². The highest BCUT2D eigenvalue weighted by Gasteiger charge is 2.10. The molecule has 88 valence electrons. The van der Waals surface area contributed by atoms with E-state index >= 15 is 0 Å². The number of likely N-dealkylation sites (N-methyl/N-ethyl adjacent to an activating group) is 1. The van der Waals surface area contributed by atoms with Crippen molar-refractivity contribution < 1.29 is 5.11 Å². The van der Waals surface area contributed by atoms with Gasteiger partial charge in [0.25, 0.3) is 0 Å². The highest BCUT2D eigenvalue weighted by molar-refractivity contribution is 5.30. The van der Waals surface area contributed by atoms with Crippen molar-refractivity contribution in [1.82, 2.24) is 5.32 Å². The van der Waals surface area contributed by atoms with Gasteiger partial charge in [-0.15, -0.1) is 0 Å². The van der Waals surface area contributed by atoms with E-state index in [0.29, 0.717) is 5.75 Å². The molecule has 2 N–H and O–H groups in total. The zero-order chi connectivity index (χ0) is 12.1. The second-order valence-electron chi connectivity index (χ2n) is 4.13. The lowest BCUT2D eigenvalue weighted by Gasteiger charge is -2.17. The quantitative estimate of drug-likeness (QED) is 0.841. The van der Waals surface area contributed by atoms with Gasteiger partial charge in [-0.3, -0.25) is 0 Å². The van der Waals surface area contributed by atoms with Crippen LogP contribution in [0.5, 0.6) is 5.75 Å². The van der Waals surface area contributed by atoms with Crippen molar-refractivity contribution in [2.75, 3.05) is 7.05 Å². The molecule has 0 amide bonds. The van der Waals surface area contributed by atoms with Gasteiger partial charge in [0.1, 0.15) is 5.75 Å². The summed E-state index contributed by atoms with van der Waals surface area (Å²) in [6.45, 7) is 0. The molecule has 1 atom stereocenters. The largest absolute Gasteiger partial charge is 0.508 e. The maximum Gasteiger partial charge on any atom is 0.115 e. The molecule has 0 aliphatic rings. The Labute approximate surface area is 102 Å². The van der Waals surface area contributed by atoms with Crippen LogP contribution in [0.4, 0.5) is 0 Å². The maximum atomic E-state index is 9.50. The summed E-state index contributed by atoms with van der Waals surface area (Å²) in [6.07, 6.45) is 0.917. The molecule has 0 radical (unpaired) electrons. The van der Waals surface area contributed by atoms with Crippen LogP contribution in [0.15, 0.2) is 54.6 Å². The van der Waals surface area contributed by atoms with E-state index < -0.39 is 0 Å². The predicted octanol–water partition coefficient (Wildman–Crippen LogP) is 2.90. The van der Waals surface area contributed by atoms with Gasteiger partial charge < -0.3 is 10.4 Å². The minimum Gasteiger partial charge on any atom is -0.508 e. The number of hydrogen-bond acceptors (Lipinski definition) is 2. The highest BCUT2D eigenvalue weighted by atomic mass is 16.3. The average molecular weight is 227 g/mol. The number of aromatic hydroxyl groups is 1. The topological polar surface area (TPSA) is 32.3 Å². The fourth-order valence-corrected chi connectivity index (χ4v) is 1.98. The summed E-state index contributed by atoms with van der Waals surface area (Å²) in [6, 6.07) is 18.0. The van der Waals surface area contributed by atoms with Gasteiger partial charge >= 0.3 is 0 Å². The Kier molecular flexibility index (Phi) is 3.78. The van der Waals surface area contributed by atoms with Crippen LogP contribution in [-0.4, -0.2) is 12.2 Å². The van der Waals surface area contributed by atoms with Gasteiger partial charge in [-0.2, -0.15) is 0 Å². The Hall–Kier alpha value is -1.80. The van der Waals surface area contributed by atoms with Gasteiger partial charge in [-0.05, 0) is 36.7 Å². The Bertz CT molecular complexity index is 467. The van der Waals surface area contributed by atoms with Crippen molar-refractivity contribution in [1.29, 1.82) is 0 Å². The Balaban J connectivity index is 2.17. The fraction of sp³-hybridized carbons (Fsp3) is 0.200. The van der Waals surface area contributed by atoms with E-state index in [2.05, 4.69) is 17.4 Å². The number of benzene rings is 2. The van der Waals surface area contributed by atoms with Gasteiger partial charge in [0.05, 0.1) is 0 Å². The Morgan fingerprint density at radius 3 is 2.47 bits per heavy atom. The van der Waals surface area contributed by atoms with Gasteiger partial charge in [0, 0.05) is 6.04 Å². The Morgan fingerprint density at radius 1 is 1.06 bits per heavy atom. The summed E-state index contributed by atoms with van der Waals surface area (Å²) in [5.41, 5.74) is 2.39. The lowest BCUT2D eigenvalue weighted by molar-refractivity contribution is 0.472. The van der Waals surface area contributed by atoms with Crippen LogP contribution in [0.2, 0.25) is 0 Å². The molecule has 2 aromatic rings. The molecule has 0 aliphatic carbocycles. The minimum absolute atomic E-state index is 0.226. The molecule has 17 heavy (non-hydrogen) atoms. The molecule has 0 saturated carbocycles. The predicted molar refractivity (Wildman–Crippen MR) is 70.1 cm³/mol. The molecule has 0 aliphatic heterocycles. The SMILES string of the molecule is CNC(Cc1ccccc1)c1cccc(O)c1. The van der Waals surface area contributed by atoms with E-state index in [1.807, 2.05) is 43.4 Å². The molecular weight excluding hydrogens is 210 g/mol. The van der Waals surface area contributed by atoms with Crippen LogP contribution in [0, 0.1) is 0 Å². The zero-order valence-corrected chi connectivity index (χ0v) is 9.93. The van der Waals surface area contributed by atoms with Crippen LogP contribution in [0.3, 0.4) is 0 Å². The van der Waals surface area contributed by atoms with E-state index in [4.69, 9.17) is 0 Å². The van der Waals surface area contributed by atoms with Crippen molar-refractivity contribution >= 4 is 0 Å². The van der Waals surface area contributed by atoms with Crippen LogP contribution in [0.1, 0.15) is 17.2 Å². The second-order valence-corrected chi connectivity index (χ2v) is 4.13. The van der Waals surface area contributed by atoms with E-state index in [0.717, 1.165) is 12.0 Å². The number of phenolic OH excluding ortho intramolecular Hbond substituents is 1. The van der Waals surface area contributed by atoms with E-state index in [1.165, 1.54) is 5.56 Å². The molecule has 2 rings (SSSR count). The molecule has 1 unspecified atom stereocenters. The fourth-order valence-electron chi connectivity index (χ4n) is 1.98. The summed E-state index contributed by atoms with van der Waals surface area (Å²) >= 11 is 0. The number of nitrogens with one attached hydrogen (secondary N) is 1. The van der Waals surface area contributed by atoms with Crippen LogP contribution in [-0.2, 0) is 6.42 Å². The highest BCUT2D eigenvalue weighted by Crippen LogP contribution is 2.21. The molecule has 2 heteroatoms. The normalized spacial score (nSPS) is 12.3. The van der Waals surface area contributed by atoms with Crippen molar-refractivity contribution in [2.45, 2.75) is 12.5 Å². The first-order chi connectivity index (χ1) is 8.29. The second kappa shape index (κ2) is 5.51. The minimum atomic E-state index is 0.226. The molecule has 0 aromatic heterocycles. The van der Waals surface area contributed by atoms with Crippen LogP contribution >= 0.6 is 0 Å². The molecule has 0 heterocycles. The third kappa shape index (κ3) is 3.08. The molecule has 0 spiro atoms. The van der Waals surface area contributed by atoms with Crippen molar-refractivity contribution in [3.05, 3.63) is 65.7 Å². The maximum absolute atomic E-state index is 9.50. The van der Waals surface area contributed by atoms with Gasteiger partial charge in [-0.1, -0.05) is 42.5 Å². The smallest absolute Gasteiger partial charge is 0.115 e. The number of rotatable bonds is 4. The third-order valence-corrected chi connectivity index (χ3v) is 2.90. The molecule has 2 aromatic carbocycles. The summed E-state index contributed by atoms with van der Waals surface area (Å²) in [7, 11) is 1.94. The van der Waals surface area contributed by atoms with Crippen molar-refractivity contribution in [3.63, 3.8) is 0 Å². The average Bonchev–Trinajstić information content (AvgIpc) is 2.37. The summed E-state index contributed by atoms with van der Waals surface area (Å²) in [5.74, 6) is 0.316. The number of hydrogen-bond donors (Lipinski definition) is 2. The van der Waals surface area contributed by atoms with Crippen molar-refractivity contribution in [3.8, 4) is 5.75 Å². The summed E-state index contributed by atoms with van der Waals surface area (Å²) in [5, 5.41) is 12.8. The van der Waals surface area contributed by atoms with Crippen LogP contribution in [0.25, 0.3) is 0 Å². The Morgan fingerprint density at radius 2 is 1.82 bits per heavy atom. The van der Waals surface area contributed by atoms with Crippen LogP contribution < -0.4 is 5.32 Å². The zero-order valence-electron chi connectivity index (χ0n) is 9.93. The standard InChI is InChI=1S/C15H17NO/c1-16-15(10-12-6-3-2-4-7-12)13-8-5-9-14(17)11-13/h2-9,11,15-17H,10H2,1H3. The molecule has 2 nitrogen and oxygen atoms in total.